The maximum Gasteiger partial charge on any atom is 0.285 e. The summed E-state index contributed by atoms with van der Waals surface area (Å²) in [5, 5.41) is 18.1. The average Bonchev–Trinajstić information content (AvgIpc) is 2.62. The second-order valence-corrected chi connectivity index (χ2v) is 6.17. The Balaban J connectivity index is 4.38. The van der Waals surface area contributed by atoms with E-state index >= 15 is 0 Å². The number of unbranched alkanes of at least 4 members (excludes halogenated alkanes) is 5. The summed E-state index contributed by atoms with van der Waals surface area (Å²) in [4.78, 5) is 0. The molecule has 0 aromatic heterocycles. The third-order valence-corrected chi connectivity index (χ3v) is 4.39. The summed E-state index contributed by atoms with van der Waals surface area (Å²) in [5.41, 5.74) is 0. The highest BCUT2D eigenvalue weighted by Gasteiger charge is 2.39. The Bertz CT molecular complexity index is 262. The standard InChI is InChI=1S/C18H38O6/c1-5-6-7-8-9-10-11-16(18(21-2,22-3)23-4)12-13-24-15-17(20)14-19/h16-17,19-20H,5-15H2,1-4H3. The van der Waals surface area contributed by atoms with Gasteiger partial charge in [-0.2, -0.15) is 0 Å². The van der Waals surface area contributed by atoms with Crippen LogP contribution in [0.3, 0.4) is 0 Å². The lowest BCUT2D eigenvalue weighted by molar-refractivity contribution is -0.381. The van der Waals surface area contributed by atoms with Crippen LogP contribution >= 0.6 is 0 Å². The zero-order chi connectivity index (χ0) is 18.3. The van der Waals surface area contributed by atoms with Gasteiger partial charge in [0.2, 0.25) is 0 Å². The molecule has 0 aromatic carbocycles. The second-order valence-electron chi connectivity index (χ2n) is 6.17. The third-order valence-electron chi connectivity index (χ3n) is 4.39. The van der Waals surface area contributed by atoms with Crippen molar-refractivity contribution < 1.29 is 29.2 Å². The third kappa shape index (κ3) is 9.30. The van der Waals surface area contributed by atoms with E-state index < -0.39 is 12.1 Å². The first kappa shape index (κ1) is 23.8. The molecule has 0 saturated heterocycles. The fourth-order valence-corrected chi connectivity index (χ4v) is 2.92. The van der Waals surface area contributed by atoms with Crippen LogP contribution in [0.5, 0.6) is 0 Å². The number of ether oxygens (including phenoxy) is 4. The first-order valence-corrected chi connectivity index (χ1v) is 9.12. The van der Waals surface area contributed by atoms with Crippen molar-refractivity contribution in [2.75, 3.05) is 41.2 Å². The SMILES string of the molecule is CCCCCCCCC(CCOCC(O)CO)C(OC)(OC)OC. The van der Waals surface area contributed by atoms with Crippen LogP contribution in [0.15, 0.2) is 0 Å². The van der Waals surface area contributed by atoms with Crippen LogP contribution in [0.2, 0.25) is 0 Å². The van der Waals surface area contributed by atoms with E-state index in [1.54, 1.807) is 21.3 Å². The van der Waals surface area contributed by atoms with E-state index in [0.717, 1.165) is 12.8 Å². The fourth-order valence-electron chi connectivity index (χ4n) is 2.92. The topological polar surface area (TPSA) is 77.4 Å². The Hall–Kier alpha value is -0.240. The fraction of sp³-hybridized carbons (Fsp3) is 1.00. The van der Waals surface area contributed by atoms with Crippen LogP contribution < -0.4 is 0 Å². The predicted octanol–water partition coefficient (Wildman–Crippen LogP) is 2.71. The molecule has 2 atom stereocenters. The van der Waals surface area contributed by atoms with Gasteiger partial charge in [-0.05, 0) is 12.8 Å². The van der Waals surface area contributed by atoms with Gasteiger partial charge in [-0.1, -0.05) is 45.4 Å². The molecule has 0 radical (unpaired) electrons. The summed E-state index contributed by atoms with van der Waals surface area (Å²) in [5.74, 6) is -1.03. The van der Waals surface area contributed by atoms with Crippen LogP contribution in [0.25, 0.3) is 0 Å². The second kappa shape index (κ2) is 15.0. The molecule has 0 aliphatic heterocycles. The van der Waals surface area contributed by atoms with Crippen LogP contribution in [-0.2, 0) is 18.9 Å². The summed E-state index contributed by atoms with van der Waals surface area (Å²) >= 11 is 0. The molecule has 0 aromatic rings. The van der Waals surface area contributed by atoms with E-state index in [0.29, 0.717) is 13.0 Å². The van der Waals surface area contributed by atoms with E-state index in [1.165, 1.54) is 32.1 Å². The van der Waals surface area contributed by atoms with Gasteiger partial charge in [0.1, 0.15) is 6.10 Å². The Morgan fingerprint density at radius 1 is 0.875 bits per heavy atom. The molecule has 6 nitrogen and oxygen atoms in total. The van der Waals surface area contributed by atoms with E-state index in [1.807, 2.05) is 0 Å². The molecule has 0 spiro atoms. The van der Waals surface area contributed by atoms with Crippen LogP contribution in [0.1, 0.15) is 58.3 Å². The molecular formula is C18H38O6. The van der Waals surface area contributed by atoms with E-state index in [-0.39, 0.29) is 19.1 Å². The number of aliphatic hydroxyl groups is 2. The summed E-state index contributed by atoms with van der Waals surface area (Å²) in [6, 6.07) is 0. The number of aliphatic hydroxyl groups excluding tert-OH is 2. The maximum absolute atomic E-state index is 9.32. The lowest BCUT2D eigenvalue weighted by Gasteiger charge is -2.36. The van der Waals surface area contributed by atoms with Crippen molar-refractivity contribution in [3.05, 3.63) is 0 Å². The molecule has 0 bridgehead atoms. The number of hydrogen-bond acceptors (Lipinski definition) is 6. The minimum absolute atomic E-state index is 0.0370. The van der Waals surface area contributed by atoms with E-state index in [2.05, 4.69) is 6.92 Å². The van der Waals surface area contributed by atoms with Crippen molar-refractivity contribution in [2.24, 2.45) is 5.92 Å². The monoisotopic (exact) mass is 350 g/mol. The number of hydrogen-bond donors (Lipinski definition) is 2. The Morgan fingerprint density at radius 2 is 1.46 bits per heavy atom. The van der Waals surface area contributed by atoms with Gasteiger partial charge in [0, 0.05) is 33.9 Å². The molecule has 2 N–H and O–H groups in total. The molecule has 0 aliphatic carbocycles. The summed E-state index contributed by atoms with van der Waals surface area (Å²) in [6.45, 7) is 2.50. The molecule has 0 aliphatic rings. The minimum atomic E-state index is -1.07. The number of rotatable bonds is 17. The molecule has 2 unspecified atom stereocenters. The smallest absolute Gasteiger partial charge is 0.285 e. The predicted molar refractivity (Wildman–Crippen MR) is 93.8 cm³/mol. The first-order valence-electron chi connectivity index (χ1n) is 9.12. The van der Waals surface area contributed by atoms with Gasteiger partial charge >= 0.3 is 0 Å². The number of methoxy groups -OCH3 is 3. The van der Waals surface area contributed by atoms with Gasteiger partial charge in [-0.15, -0.1) is 0 Å². The van der Waals surface area contributed by atoms with Crippen molar-refractivity contribution in [3.8, 4) is 0 Å². The normalized spacial score (nSPS) is 14.8. The molecule has 0 heterocycles. The molecule has 0 fully saturated rings. The molecule has 0 amide bonds. The average molecular weight is 350 g/mol. The molecule has 0 saturated carbocycles. The van der Waals surface area contributed by atoms with Crippen molar-refractivity contribution in [2.45, 2.75) is 70.4 Å². The Morgan fingerprint density at radius 3 is 2.00 bits per heavy atom. The Labute approximate surface area is 147 Å². The highest BCUT2D eigenvalue weighted by molar-refractivity contribution is 4.71. The van der Waals surface area contributed by atoms with Crippen LogP contribution in [-0.4, -0.2) is 63.4 Å². The van der Waals surface area contributed by atoms with E-state index in [9.17, 15) is 5.11 Å². The highest BCUT2D eigenvalue weighted by atomic mass is 16.9. The molecule has 24 heavy (non-hydrogen) atoms. The van der Waals surface area contributed by atoms with Gasteiger partial charge in [-0.25, -0.2) is 0 Å². The lowest BCUT2D eigenvalue weighted by atomic mass is 9.94. The van der Waals surface area contributed by atoms with Crippen molar-refractivity contribution in [1.82, 2.24) is 0 Å². The van der Waals surface area contributed by atoms with Gasteiger partial charge in [0.25, 0.3) is 5.97 Å². The van der Waals surface area contributed by atoms with Crippen LogP contribution in [0.4, 0.5) is 0 Å². The maximum atomic E-state index is 9.32. The zero-order valence-electron chi connectivity index (χ0n) is 16.0. The van der Waals surface area contributed by atoms with Gasteiger partial charge < -0.3 is 29.2 Å². The van der Waals surface area contributed by atoms with E-state index in [4.69, 9.17) is 24.1 Å². The van der Waals surface area contributed by atoms with Crippen molar-refractivity contribution >= 4 is 0 Å². The summed E-state index contributed by atoms with van der Waals surface area (Å²) in [6.07, 6.45) is 8.14. The highest BCUT2D eigenvalue weighted by Crippen LogP contribution is 2.31. The van der Waals surface area contributed by atoms with Crippen molar-refractivity contribution in [3.63, 3.8) is 0 Å². The lowest BCUT2D eigenvalue weighted by Crippen LogP contribution is -2.44. The van der Waals surface area contributed by atoms with Gasteiger partial charge in [-0.3, -0.25) is 0 Å². The van der Waals surface area contributed by atoms with Gasteiger partial charge in [0.05, 0.1) is 13.2 Å². The molecule has 146 valence electrons. The molecule has 6 heteroatoms. The zero-order valence-corrected chi connectivity index (χ0v) is 16.0. The van der Waals surface area contributed by atoms with Crippen LogP contribution in [0, 0.1) is 5.92 Å². The summed E-state index contributed by atoms with van der Waals surface area (Å²) in [7, 11) is 4.74. The molecular weight excluding hydrogens is 312 g/mol. The largest absolute Gasteiger partial charge is 0.394 e. The quantitative estimate of drug-likeness (QED) is 0.310. The van der Waals surface area contributed by atoms with Crippen molar-refractivity contribution in [1.29, 1.82) is 0 Å². The molecule has 0 rings (SSSR count). The van der Waals surface area contributed by atoms with Gasteiger partial charge in [0.15, 0.2) is 0 Å². The summed E-state index contributed by atoms with van der Waals surface area (Å²) < 4.78 is 21.9. The minimum Gasteiger partial charge on any atom is -0.394 e. The Kier molecular flexibility index (Phi) is 14.9. The first-order chi connectivity index (χ1) is 11.6.